The Balaban J connectivity index is 0.828. The Kier molecular flexibility index (Phi) is 12.2. The van der Waals surface area contributed by atoms with Crippen LogP contribution < -0.4 is 4.90 Å². The van der Waals surface area contributed by atoms with E-state index in [1.807, 2.05) is 0 Å². The van der Waals surface area contributed by atoms with Crippen LogP contribution in [0.1, 0.15) is 123 Å². The predicted molar refractivity (Wildman–Crippen MR) is 366 cm³/mol. The number of fused-ring (bicyclic) bond motifs is 20. The van der Waals surface area contributed by atoms with Crippen LogP contribution in [0.25, 0.3) is 77.9 Å². The first-order valence-corrected chi connectivity index (χ1v) is 31.7. The molecule has 0 unspecified atom stereocenters. The molecule has 0 N–H and O–H groups in total. The average molecular weight is 1120 g/mol. The Hall–Kier alpha value is -9.56. The van der Waals surface area contributed by atoms with Gasteiger partial charge in [0.15, 0.2) is 0 Å². The fourth-order valence-electron chi connectivity index (χ4n) is 16.5. The van der Waals surface area contributed by atoms with Gasteiger partial charge in [-0.15, -0.1) is 0 Å². The van der Waals surface area contributed by atoms with Crippen LogP contribution in [0, 0.1) is 0 Å². The van der Waals surface area contributed by atoms with Crippen molar-refractivity contribution in [2.75, 3.05) is 4.90 Å². The summed E-state index contributed by atoms with van der Waals surface area (Å²) < 4.78 is 0. The molecule has 0 amide bonds. The summed E-state index contributed by atoms with van der Waals surface area (Å²) in [5.74, 6) is 0. The van der Waals surface area contributed by atoms with Crippen LogP contribution >= 0.6 is 0 Å². The maximum atomic E-state index is 2.53. The Morgan fingerprint density at radius 1 is 0.253 bits per heavy atom. The lowest BCUT2D eigenvalue weighted by molar-refractivity contribution is 0.458. The molecule has 4 aliphatic rings. The van der Waals surface area contributed by atoms with Crippen molar-refractivity contribution < 1.29 is 0 Å². The lowest BCUT2D eigenvalue weighted by atomic mass is 9.70. The smallest absolute Gasteiger partial charge is 0.0726 e. The SMILES string of the molecule is CCCC(C)(C)c1cc(-c2ccc(-c3cccc(-c4ccc(N(c5ccc6c(c5)C5(c7ccccc7-c7ccccc75)c5ccccc5-6)c5ccc6c(c5)C5(c7ccccc7-c7ccccc75)c5ccccc5-6)cc4)c3)cc2)cc(C(C)(C)CCC)c1. The van der Waals surface area contributed by atoms with Crippen molar-refractivity contribution in [3.63, 3.8) is 0 Å². The van der Waals surface area contributed by atoms with Crippen molar-refractivity contribution in [3.05, 3.63) is 329 Å². The highest BCUT2D eigenvalue weighted by atomic mass is 15.1. The van der Waals surface area contributed by atoms with E-state index in [1.54, 1.807) is 0 Å². The van der Waals surface area contributed by atoms with Gasteiger partial charge in [0.2, 0.25) is 0 Å². The monoisotopic (exact) mass is 1120 g/mol. The van der Waals surface area contributed by atoms with Gasteiger partial charge in [-0.3, -0.25) is 0 Å². The van der Waals surface area contributed by atoms with Gasteiger partial charge in [0.1, 0.15) is 0 Å². The number of hydrogen-bond donors (Lipinski definition) is 0. The van der Waals surface area contributed by atoms with Gasteiger partial charge in [-0.1, -0.05) is 285 Å². The van der Waals surface area contributed by atoms with E-state index >= 15 is 0 Å². The second-order valence-corrected chi connectivity index (χ2v) is 26.3. The van der Waals surface area contributed by atoms with E-state index < -0.39 is 10.8 Å². The van der Waals surface area contributed by atoms with E-state index in [9.17, 15) is 0 Å². The Bertz CT molecular complexity index is 4360. The molecule has 0 heterocycles. The molecule has 0 bridgehead atoms. The Labute approximate surface area is 514 Å². The standard InChI is InChI=1S/C86H71N/c1-7-48-83(3,4)62-51-61(52-63(53-62)84(5,6)49-8-2)58-38-36-56(37-39-58)59-22-21-23-60(50-59)57-40-42-64(43-41-57)87(65-44-46-73-71-28-13-19-34-79(71)85(81(73)54-65)75-30-15-9-24-67(75)68-25-10-16-31-76(68)85)66-45-47-74-72-29-14-20-35-80(72)86(82(74)55-66)77-32-17-11-26-69(77)70-27-12-18-33-78(70)86/h9-47,50-55H,7-8,48-49H2,1-6H3. The number of hydrogen-bond acceptors (Lipinski definition) is 1. The van der Waals surface area contributed by atoms with Gasteiger partial charge in [-0.05, 0) is 200 Å². The molecule has 4 aliphatic carbocycles. The van der Waals surface area contributed by atoms with E-state index in [4.69, 9.17) is 0 Å². The molecule has 0 saturated carbocycles. The highest BCUT2D eigenvalue weighted by Crippen LogP contribution is 2.65. The molecule has 12 aromatic carbocycles. The van der Waals surface area contributed by atoms with Crippen LogP contribution in [0.4, 0.5) is 17.1 Å². The summed E-state index contributed by atoms with van der Waals surface area (Å²) in [6, 6.07) is 105. The lowest BCUT2D eigenvalue weighted by Gasteiger charge is -2.33. The minimum absolute atomic E-state index is 0.0985. The number of anilines is 3. The average Bonchev–Trinajstić information content (AvgIpc) is 1.53. The molecule has 1 heteroatoms. The van der Waals surface area contributed by atoms with Gasteiger partial charge < -0.3 is 4.90 Å². The van der Waals surface area contributed by atoms with E-state index in [0.717, 1.165) is 42.7 Å². The zero-order valence-corrected chi connectivity index (χ0v) is 50.8. The minimum Gasteiger partial charge on any atom is -0.310 e. The molecular weight excluding hydrogens is 1050 g/mol. The summed E-state index contributed by atoms with van der Waals surface area (Å²) in [6.45, 7) is 14.3. The van der Waals surface area contributed by atoms with E-state index in [-0.39, 0.29) is 10.8 Å². The molecule has 0 radical (unpaired) electrons. The third-order valence-electron chi connectivity index (χ3n) is 20.6. The molecular formula is C86H71N. The molecule has 2 spiro atoms. The molecule has 0 aliphatic heterocycles. The van der Waals surface area contributed by atoms with Crippen molar-refractivity contribution in [2.45, 2.75) is 88.9 Å². The van der Waals surface area contributed by atoms with E-state index in [2.05, 4.69) is 319 Å². The first-order chi connectivity index (χ1) is 42.5. The molecule has 420 valence electrons. The summed E-state index contributed by atoms with van der Waals surface area (Å²) in [5.41, 5.74) is 33.9. The van der Waals surface area contributed by atoms with Gasteiger partial charge in [-0.25, -0.2) is 0 Å². The highest BCUT2D eigenvalue weighted by Gasteiger charge is 2.53. The largest absolute Gasteiger partial charge is 0.310 e. The number of nitrogens with zero attached hydrogens (tertiary/aromatic N) is 1. The Morgan fingerprint density at radius 2 is 0.552 bits per heavy atom. The number of benzene rings is 12. The molecule has 12 aromatic rings. The highest BCUT2D eigenvalue weighted by molar-refractivity contribution is 5.99. The fourth-order valence-corrected chi connectivity index (χ4v) is 16.5. The maximum Gasteiger partial charge on any atom is 0.0726 e. The summed E-state index contributed by atoms with van der Waals surface area (Å²) >= 11 is 0. The van der Waals surface area contributed by atoms with Crippen LogP contribution in [0.15, 0.2) is 273 Å². The van der Waals surface area contributed by atoms with Crippen LogP contribution in [0.5, 0.6) is 0 Å². The molecule has 87 heavy (non-hydrogen) atoms. The van der Waals surface area contributed by atoms with Crippen molar-refractivity contribution in [1.82, 2.24) is 0 Å². The summed E-state index contributed by atoms with van der Waals surface area (Å²) in [7, 11) is 0. The molecule has 16 rings (SSSR count). The quantitative estimate of drug-likeness (QED) is 0.118. The van der Waals surface area contributed by atoms with Gasteiger partial charge in [0.05, 0.1) is 10.8 Å². The summed E-state index contributed by atoms with van der Waals surface area (Å²) in [5, 5.41) is 0. The van der Waals surface area contributed by atoms with Crippen LogP contribution in [-0.2, 0) is 21.7 Å². The first-order valence-electron chi connectivity index (χ1n) is 31.7. The third kappa shape index (κ3) is 7.84. The Morgan fingerprint density at radius 3 is 0.897 bits per heavy atom. The van der Waals surface area contributed by atoms with Gasteiger partial charge in [0.25, 0.3) is 0 Å². The van der Waals surface area contributed by atoms with E-state index in [1.165, 1.54) is 134 Å². The predicted octanol–water partition coefficient (Wildman–Crippen LogP) is 23.0. The van der Waals surface area contributed by atoms with E-state index in [0.29, 0.717) is 0 Å². The zero-order chi connectivity index (χ0) is 58.8. The summed E-state index contributed by atoms with van der Waals surface area (Å²) in [6.07, 6.45) is 4.65. The minimum atomic E-state index is -0.484. The molecule has 1 nitrogen and oxygen atoms in total. The molecule has 0 fully saturated rings. The lowest BCUT2D eigenvalue weighted by Crippen LogP contribution is -2.26. The topological polar surface area (TPSA) is 3.24 Å². The third-order valence-corrected chi connectivity index (χ3v) is 20.6. The van der Waals surface area contributed by atoms with Crippen LogP contribution in [0.3, 0.4) is 0 Å². The molecule has 0 saturated heterocycles. The van der Waals surface area contributed by atoms with Gasteiger partial charge in [0, 0.05) is 17.1 Å². The molecule has 0 atom stereocenters. The van der Waals surface area contributed by atoms with Crippen molar-refractivity contribution in [1.29, 1.82) is 0 Å². The first kappa shape index (κ1) is 53.0. The zero-order valence-electron chi connectivity index (χ0n) is 50.8. The van der Waals surface area contributed by atoms with Gasteiger partial charge in [-0.2, -0.15) is 0 Å². The van der Waals surface area contributed by atoms with Gasteiger partial charge >= 0.3 is 0 Å². The second kappa shape index (κ2) is 20.0. The fraction of sp³-hybridized carbons (Fsp3) is 0.163. The van der Waals surface area contributed by atoms with Crippen LogP contribution in [0.2, 0.25) is 0 Å². The van der Waals surface area contributed by atoms with Crippen LogP contribution in [-0.4, -0.2) is 0 Å². The van der Waals surface area contributed by atoms with Crippen molar-refractivity contribution >= 4 is 17.1 Å². The molecule has 0 aromatic heterocycles. The maximum absolute atomic E-state index is 2.53. The van der Waals surface area contributed by atoms with Crippen molar-refractivity contribution in [2.24, 2.45) is 0 Å². The second-order valence-electron chi connectivity index (χ2n) is 26.3. The summed E-state index contributed by atoms with van der Waals surface area (Å²) in [4.78, 5) is 2.53. The number of rotatable bonds is 12. The normalized spacial score (nSPS) is 14.0. The van der Waals surface area contributed by atoms with Crippen molar-refractivity contribution in [3.8, 4) is 77.9 Å².